The largest absolute Gasteiger partial charge is 0.383 e. The minimum absolute atomic E-state index is 0.530. The molecule has 3 N–H and O–H groups in total. The first kappa shape index (κ1) is 17.0. The van der Waals surface area contributed by atoms with Crippen molar-refractivity contribution in [3.63, 3.8) is 0 Å². The normalized spacial score (nSPS) is 12.9. The minimum atomic E-state index is 0.530. The van der Waals surface area contributed by atoms with Crippen molar-refractivity contribution in [2.75, 3.05) is 32.0 Å². The second-order valence-electron chi connectivity index (χ2n) is 5.96. The van der Waals surface area contributed by atoms with E-state index in [2.05, 4.69) is 47.9 Å². The lowest BCUT2D eigenvalue weighted by Crippen LogP contribution is -2.25. The van der Waals surface area contributed by atoms with Crippen LogP contribution in [0.4, 0.5) is 5.69 Å². The molecule has 3 rings (SSSR count). The van der Waals surface area contributed by atoms with Crippen LogP contribution < -0.4 is 11.1 Å². The number of likely N-dealkylation sites (N-methyl/N-ethyl adjacent to an activating group) is 1. The summed E-state index contributed by atoms with van der Waals surface area (Å²) in [5.41, 5.74) is 11.6. The number of nitrogens with zero attached hydrogens (tertiary/aromatic N) is 2. The number of nitrogens with two attached hydrogens (primary N) is 1. The van der Waals surface area contributed by atoms with Gasteiger partial charge in [0, 0.05) is 58.6 Å². The van der Waals surface area contributed by atoms with Crippen LogP contribution in [-0.2, 0) is 6.54 Å². The summed E-state index contributed by atoms with van der Waals surface area (Å²) in [5.74, 6) is 0. The lowest BCUT2D eigenvalue weighted by atomic mass is 9.96. The standard InChI is InChI=1S/C19H24N4S/c1-4-23(3)10-9-22-16-6-5-14(11-20)19-18(16)13(2)15-12-21-8-7-17(15)24-19/h5-8,12,22H,2,4,9-11,20H2,1,3H3. The van der Waals surface area contributed by atoms with Gasteiger partial charge in [-0.1, -0.05) is 31.3 Å². The van der Waals surface area contributed by atoms with E-state index in [4.69, 9.17) is 5.73 Å². The van der Waals surface area contributed by atoms with Gasteiger partial charge in [0.05, 0.1) is 0 Å². The molecule has 24 heavy (non-hydrogen) atoms. The Morgan fingerprint density at radius 1 is 1.33 bits per heavy atom. The van der Waals surface area contributed by atoms with E-state index >= 15 is 0 Å². The predicted molar refractivity (Wildman–Crippen MR) is 102 cm³/mol. The molecule has 1 aliphatic rings. The number of benzene rings is 1. The fraction of sp³-hybridized carbons (Fsp3) is 0.316. The number of rotatable bonds is 6. The average Bonchev–Trinajstić information content (AvgIpc) is 2.61. The first-order valence-corrected chi connectivity index (χ1v) is 9.07. The molecule has 4 nitrogen and oxygen atoms in total. The van der Waals surface area contributed by atoms with Gasteiger partial charge in [-0.25, -0.2) is 0 Å². The van der Waals surface area contributed by atoms with Crippen molar-refractivity contribution in [2.45, 2.75) is 23.3 Å². The first-order chi connectivity index (χ1) is 11.7. The Labute approximate surface area is 148 Å². The quantitative estimate of drug-likeness (QED) is 0.720. The fourth-order valence-corrected chi connectivity index (χ4v) is 4.08. The number of aromatic nitrogens is 1. The summed E-state index contributed by atoms with van der Waals surface area (Å²) < 4.78 is 0. The van der Waals surface area contributed by atoms with E-state index in [1.807, 2.05) is 18.5 Å². The van der Waals surface area contributed by atoms with Crippen molar-refractivity contribution in [1.29, 1.82) is 0 Å². The molecule has 2 heterocycles. The number of nitrogens with one attached hydrogen (secondary N) is 1. The zero-order valence-corrected chi connectivity index (χ0v) is 15.1. The summed E-state index contributed by atoms with van der Waals surface area (Å²) in [6.07, 6.45) is 3.73. The second kappa shape index (κ2) is 7.38. The Kier molecular flexibility index (Phi) is 5.23. The van der Waals surface area contributed by atoms with E-state index in [-0.39, 0.29) is 0 Å². The SMILES string of the molecule is C=C1c2cnccc2Sc2c(CN)ccc(NCCN(C)CC)c21. The smallest absolute Gasteiger partial charge is 0.0432 e. The molecule has 0 spiro atoms. The van der Waals surface area contributed by atoms with E-state index < -0.39 is 0 Å². The average molecular weight is 340 g/mol. The highest BCUT2D eigenvalue weighted by Gasteiger charge is 2.24. The molecule has 0 fully saturated rings. The van der Waals surface area contributed by atoms with Gasteiger partial charge < -0.3 is 16.0 Å². The summed E-state index contributed by atoms with van der Waals surface area (Å²) in [4.78, 5) is 8.96. The molecule has 0 atom stereocenters. The van der Waals surface area contributed by atoms with Gasteiger partial charge in [-0.05, 0) is 36.9 Å². The molecule has 0 bridgehead atoms. The van der Waals surface area contributed by atoms with Crippen molar-refractivity contribution in [1.82, 2.24) is 9.88 Å². The minimum Gasteiger partial charge on any atom is -0.383 e. The van der Waals surface area contributed by atoms with Crippen molar-refractivity contribution >= 4 is 23.0 Å². The Bertz CT molecular complexity index is 757. The number of hydrogen-bond donors (Lipinski definition) is 2. The zero-order chi connectivity index (χ0) is 17.1. The molecule has 5 heteroatoms. The van der Waals surface area contributed by atoms with Crippen LogP contribution in [0.1, 0.15) is 23.6 Å². The highest BCUT2D eigenvalue weighted by atomic mass is 32.2. The molecule has 0 radical (unpaired) electrons. The molecule has 1 aromatic heterocycles. The Hall–Kier alpha value is -1.82. The molecular weight excluding hydrogens is 316 g/mol. The maximum Gasteiger partial charge on any atom is 0.0432 e. The van der Waals surface area contributed by atoms with E-state index in [0.29, 0.717) is 6.54 Å². The van der Waals surface area contributed by atoms with Gasteiger partial charge in [0.15, 0.2) is 0 Å². The van der Waals surface area contributed by atoms with Crippen LogP contribution in [-0.4, -0.2) is 36.6 Å². The Morgan fingerprint density at radius 3 is 2.92 bits per heavy atom. The maximum absolute atomic E-state index is 5.96. The van der Waals surface area contributed by atoms with Gasteiger partial charge in [-0.15, -0.1) is 0 Å². The van der Waals surface area contributed by atoms with Gasteiger partial charge in [-0.3, -0.25) is 4.98 Å². The molecule has 1 aromatic carbocycles. The summed E-state index contributed by atoms with van der Waals surface area (Å²) in [6.45, 7) is 9.99. The number of anilines is 1. The maximum atomic E-state index is 5.96. The van der Waals surface area contributed by atoms with E-state index in [9.17, 15) is 0 Å². The van der Waals surface area contributed by atoms with Crippen LogP contribution in [0.25, 0.3) is 5.57 Å². The van der Waals surface area contributed by atoms with Crippen LogP contribution in [0, 0.1) is 0 Å². The molecule has 0 saturated carbocycles. The molecule has 1 aliphatic heterocycles. The van der Waals surface area contributed by atoms with Crippen molar-refractivity contribution in [2.24, 2.45) is 5.73 Å². The van der Waals surface area contributed by atoms with Crippen molar-refractivity contribution in [3.05, 3.63) is 53.9 Å². The van der Waals surface area contributed by atoms with Gasteiger partial charge in [-0.2, -0.15) is 0 Å². The number of pyridine rings is 1. The fourth-order valence-electron chi connectivity index (χ4n) is 2.83. The van der Waals surface area contributed by atoms with E-state index in [0.717, 1.165) is 42.0 Å². The van der Waals surface area contributed by atoms with Crippen molar-refractivity contribution in [3.8, 4) is 0 Å². The summed E-state index contributed by atoms with van der Waals surface area (Å²) >= 11 is 1.76. The third kappa shape index (κ3) is 3.20. The van der Waals surface area contributed by atoms with Gasteiger partial charge >= 0.3 is 0 Å². The van der Waals surface area contributed by atoms with Crippen LogP contribution in [0.3, 0.4) is 0 Å². The summed E-state index contributed by atoms with van der Waals surface area (Å²) in [5, 5.41) is 3.57. The summed E-state index contributed by atoms with van der Waals surface area (Å²) in [6, 6.07) is 6.29. The number of hydrogen-bond acceptors (Lipinski definition) is 5. The van der Waals surface area contributed by atoms with Gasteiger partial charge in [0.25, 0.3) is 0 Å². The highest BCUT2D eigenvalue weighted by molar-refractivity contribution is 7.99. The van der Waals surface area contributed by atoms with Crippen molar-refractivity contribution < 1.29 is 0 Å². The Balaban J connectivity index is 1.95. The van der Waals surface area contributed by atoms with Gasteiger partial charge in [0.1, 0.15) is 0 Å². The molecule has 0 unspecified atom stereocenters. The molecule has 0 aliphatic carbocycles. The van der Waals surface area contributed by atoms with Crippen LogP contribution in [0.5, 0.6) is 0 Å². The van der Waals surface area contributed by atoms with E-state index in [1.54, 1.807) is 11.8 Å². The lowest BCUT2D eigenvalue weighted by Gasteiger charge is -2.26. The van der Waals surface area contributed by atoms with E-state index in [1.165, 1.54) is 15.4 Å². The third-order valence-electron chi connectivity index (χ3n) is 4.43. The second-order valence-corrected chi connectivity index (χ2v) is 7.01. The predicted octanol–water partition coefficient (Wildman–Crippen LogP) is 3.43. The highest BCUT2D eigenvalue weighted by Crippen LogP contribution is 2.48. The third-order valence-corrected chi connectivity index (χ3v) is 5.67. The summed E-state index contributed by atoms with van der Waals surface area (Å²) in [7, 11) is 2.13. The Morgan fingerprint density at radius 2 is 2.17 bits per heavy atom. The molecule has 0 saturated heterocycles. The topological polar surface area (TPSA) is 54.2 Å². The lowest BCUT2D eigenvalue weighted by molar-refractivity contribution is 0.367. The molecule has 0 amide bonds. The first-order valence-electron chi connectivity index (χ1n) is 8.25. The number of fused-ring (bicyclic) bond motifs is 2. The van der Waals surface area contributed by atoms with Crippen LogP contribution >= 0.6 is 11.8 Å². The van der Waals surface area contributed by atoms with Gasteiger partial charge in [0.2, 0.25) is 0 Å². The monoisotopic (exact) mass is 340 g/mol. The molecule has 2 aromatic rings. The van der Waals surface area contributed by atoms with Crippen LogP contribution in [0.2, 0.25) is 0 Å². The molecule has 126 valence electrons. The molecular formula is C19H24N4S. The van der Waals surface area contributed by atoms with Crippen LogP contribution in [0.15, 0.2) is 47.0 Å². The zero-order valence-electron chi connectivity index (χ0n) is 14.3.